The van der Waals surface area contributed by atoms with Gasteiger partial charge in [0.1, 0.15) is 4.90 Å². The van der Waals surface area contributed by atoms with E-state index in [-0.39, 0.29) is 5.02 Å². The number of hydrogen-bond acceptors (Lipinski definition) is 3. The van der Waals surface area contributed by atoms with Crippen LogP contribution in [-0.4, -0.2) is 19.9 Å². The Morgan fingerprint density at radius 1 is 1.37 bits per heavy atom. The molecular formula is C11H14ClFN2O3S. The highest BCUT2D eigenvalue weighted by Crippen LogP contribution is 2.23. The molecule has 1 rings (SSSR count). The van der Waals surface area contributed by atoms with Crippen molar-refractivity contribution in [3.8, 4) is 0 Å². The highest BCUT2D eigenvalue weighted by atomic mass is 35.5. The van der Waals surface area contributed by atoms with Gasteiger partial charge in [0.25, 0.3) is 5.91 Å². The lowest BCUT2D eigenvalue weighted by molar-refractivity contribution is 0.0915. The van der Waals surface area contributed by atoms with Gasteiger partial charge in [0.05, 0.1) is 5.56 Å². The summed E-state index contributed by atoms with van der Waals surface area (Å²) in [5.41, 5.74) is -1.07. The van der Waals surface area contributed by atoms with Crippen LogP contribution in [-0.2, 0) is 10.0 Å². The molecule has 1 amide bonds. The van der Waals surface area contributed by atoms with E-state index in [1.165, 1.54) is 0 Å². The number of hydrogen-bond donors (Lipinski definition) is 2. The second kappa shape index (κ2) is 5.07. The SMILES string of the molecule is CC(C)(C)NC(=O)c1cc(Cl)cc(S(N)(=O)=O)c1F. The van der Waals surface area contributed by atoms with E-state index in [1.54, 1.807) is 20.8 Å². The third-order valence-corrected chi connectivity index (χ3v) is 3.17. The molecule has 0 bridgehead atoms. The van der Waals surface area contributed by atoms with Crippen molar-refractivity contribution in [1.82, 2.24) is 5.32 Å². The normalized spacial score (nSPS) is 12.3. The fourth-order valence-electron chi connectivity index (χ4n) is 1.34. The monoisotopic (exact) mass is 308 g/mol. The Balaban J connectivity index is 3.38. The molecule has 1 aromatic carbocycles. The minimum atomic E-state index is -4.30. The molecule has 0 spiro atoms. The van der Waals surface area contributed by atoms with Crippen LogP contribution in [0.4, 0.5) is 4.39 Å². The number of benzene rings is 1. The Labute approximate surface area is 116 Å². The molecule has 0 saturated heterocycles. The Hall–Kier alpha value is -1.18. The van der Waals surface area contributed by atoms with Gasteiger partial charge in [-0.2, -0.15) is 0 Å². The summed E-state index contributed by atoms with van der Waals surface area (Å²) in [6, 6.07) is 1.91. The lowest BCUT2D eigenvalue weighted by Gasteiger charge is -2.21. The maximum absolute atomic E-state index is 14.0. The van der Waals surface area contributed by atoms with E-state index < -0.39 is 37.7 Å². The summed E-state index contributed by atoms with van der Waals surface area (Å²) in [4.78, 5) is 11.1. The Bertz CT molecular complexity index is 624. The van der Waals surface area contributed by atoms with Crippen molar-refractivity contribution in [3.63, 3.8) is 0 Å². The van der Waals surface area contributed by atoms with E-state index in [2.05, 4.69) is 5.32 Å². The molecule has 0 aliphatic rings. The molecular weight excluding hydrogens is 295 g/mol. The van der Waals surface area contributed by atoms with E-state index in [0.717, 1.165) is 12.1 Å². The van der Waals surface area contributed by atoms with Crippen LogP contribution in [0.3, 0.4) is 0 Å². The number of carbonyl (C=O) groups is 1. The van der Waals surface area contributed by atoms with Crippen molar-refractivity contribution in [2.24, 2.45) is 5.14 Å². The molecule has 5 nitrogen and oxygen atoms in total. The van der Waals surface area contributed by atoms with Crippen LogP contribution in [0, 0.1) is 5.82 Å². The summed E-state index contributed by atoms with van der Waals surface area (Å²) in [6.45, 7) is 5.11. The Kier molecular flexibility index (Phi) is 4.23. The van der Waals surface area contributed by atoms with Crippen LogP contribution < -0.4 is 10.5 Å². The van der Waals surface area contributed by atoms with Crippen molar-refractivity contribution < 1.29 is 17.6 Å². The first-order valence-corrected chi connectivity index (χ1v) is 7.18. The van der Waals surface area contributed by atoms with Crippen molar-refractivity contribution >= 4 is 27.5 Å². The summed E-state index contributed by atoms with van der Waals surface area (Å²) in [5.74, 6) is -1.98. The van der Waals surface area contributed by atoms with Gasteiger partial charge in [-0.3, -0.25) is 4.79 Å². The molecule has 0 fully saturated rings. The van der Waals surface area contributed by atoms with E-state index in [1.807, 2.05) is 0 Å². The molecule has 19 heavy (non-hydrogen) atoms. The fourth-order valence-corrected chi connectivity index (χ4v) is 2.28. The van der Waals surface area contributed by atoms with Gasteiger partial charge in [-0.1, -0.05) is 11.6 Å². The molecule has 0 saturated carbocycles. The van der Waals surface area contributed by atoms with Crippen LogP contribution >= 0.6 is 11.6 Å². The standard InChI is InChI=1S/C11H14ClFN2O3S/c1-11(2,3)15-10(16)7-4-6(12)5-8(9(7)13)19(14,17)18/h4-5H,1-3H3,(H,15,16)(H2,14,17,18). The summed E-state index contributed by atoms with van der Waals surface area (Å²) in [7, 11) is -4.30. The predicted molar refractivity (Wildman–Crippen MR) is 70.0 cm³/mol. The van der Waals surface area contributed by atoms with Gasteiger partial charge in [-0.15, -0.1) is 0 Å². The van der Waals surface area contributed by atoms with Crippen LogP contribution in [0.5, 0.6) is 0 Å². The average molecular weight is 309 g/mol. The van der Waals surface area contributed by atoms with Gasteiger partial charge < -0.3 is 5.32 Å². The van der Waals surface area contributed by atoms with Gasteiger partial charge in [0.2, 0.25) is 10.0 Å². The number of halogens is 2. The Morgan fingerprint density at radius 2 is 1.89 bits per heavy atom. The van der Waals surface area contributed by atoms with Crippen molar-refractivity contribution in [3.05, 3.63) is 28.5 Å². The lowest BCUT2D eigenvalue weighted by atomic mass is 10.1. The fraction of sp³-hybridized carbons (Fsp3) is 0.364. The summed E-state index contributed by atoms with van der Waals surface area (Å²) >= 11 is 5.68. The minimum Gasteiger partial charge on any atom is -0.347 e. The van der Waals surface area contributed by atoms with Crippen LogP contribution in [0.1, 0.15) is 31.1 Å². The van der Waals surface area contributed by atoms with E-state index in [4.69, 9.17) is 16.7 Å². The zero-order valence-electron chi connectivity index (χ0n) is 10.6. The first-order chi connectivity index (χ1) is 8.42. The number of primary sulfonamides is 1. The summed E-state index contributed by atoms with van der Waals surface area (Å²) < 4.78 is 36.4. The molecule has 0 aromatic heterocycles. The Morgan fingerprint density at radius 3 is 2.32 bits per heavy atom. The molecule has 1 aromatic rings. The van der Waals surface area contributed by atoms with Gasteiger partial charge in [-0.25, -0.2) is 17.9 Å². The zero-order chi connectivity index (χ0) is 15.0. The number of amides is 1. The van der Waals surface area contributed by atoms with E-state index in [0.29, 0.717) is 0 Å². The molecule has 0 atom stereocenters. The maximum atomic E-state index is 14.0. The van der Waals surface area contributed by atoms with Gasteiger partial charge in [0.15, 0.2) is 5.82 Å². The van der Waals surface area contributed by atoms with Crippen molar-refractivity contribution in [2.45, 2.75) is 31.2 Å². The highest BCUT2D eigenvalue weighted by molar-refractivity contribution is 7.89. The van der Waals surface area contributed by atoms with Crippen molar-refractivity contribution in [2.75, 3.05) is 0 Å². The number of sulfonamides is 1. The lowest BCUT2D eigenvalue weighted by Crippen LogP contribution is -2.41. The third kappa shape index (κ3) is 4.15. The third-order valence-electron chi connectivity index (χ3n) is 2.04. The van der Waals surface area contributed by atoms with Gasteiger partial charge in [0, 0.05) is 10.6 Å². The number of nitrogens with two attached hydrogens (primary N) is 1. The molecule has 3 N–H and O–H groups in total. The van der Waals surface area contributed by atoms with Crippen molar-refractivity contribution in [1.29, 1.82) is 0 Å². The quantitative estimate of drug-likeness (QED) is 0.870. The van der Waals surface area contributed by atoms with Gasteiger partial charge >= 0.3 is 0 Å². The van der Waals surface area contributed by atoms with E-state index in [9.17, 15) is 17.6 Å². The summed E-state index contributed by atoms with van der Waals surface area (Å²) in [5, 5.41) is 7.28. The summed E-state index contributed by atoms with van der Waals surface area (Å²) in [6.07, 6.45) is 0. The second-order valence-electron chi connectivity index (χ2n) is 5.01. The first-order valence-electron chi connectivity index (χ1n) is 5.26. The number of carbonyl (C=O) groups excluding carboxylic acids is 1. The minimum absolute atomic E-state index is 0.0931. The van der Waals surface area contributed by atoms with Crippen LogP contribution in [0.25, 0.3) is 0 Å². The smallest absolute Gasteiger partial charge is 0.254 e. The maximum Gasteiger partial charge on any atom is 0.254 e. The molecule has 0 aliphatic heterocycles. The topological polar surface area (TPSA) is 89.3 Å². The molecule has 8 heteroatoms. The molecule has 0 radical (unpaired) electrons. The molecule has 106 valence electrons. The number of nitrogens with one attached hydrogen (secondary N) is 1. The first kappa shape index (κ1) is 15.9. The van der Waals surface area contributed by atoms with Crippen LogP contribution in [0.2, 0.25) is 5.02 Å². The van der Waals surface area contributed by atoms with Crippen LogP contribution in [0.15, 0.2) is 17.0 Å². The van der Waals surface area contributed by atoms with Gasteiger partial charge in [-0.05, 0) is 32.9 Å². The second-order valence-corrected chi connectivity index (χ2v) is 6.98. The molecule has 0 unspecified atom stereocenters. The highest BCUT2D eigenvalue weighted by Gasteiger charge is 2.24. The molecule has 0 aliphatic carbocycles. The molecule has 0 heterocycles. The zero-order valence-corrected chi connectivity index (χ0v) is 12.2. The predicted octanol–water partition coefficient (Wildman–Crippen LogP) is 1.65. The van der Waals surface area contributed by atoms with E-state index >= 15 is 0 Å². The average Bonchev–Trinajstić information content (AvgIpc) is 2.16. The number of rotatable bonds is 2. The largest absolute Gasteiger partial charge is 0.347 e.